The minimum absolute atomic E-state index is 0.238. The Morgan fingerprint density at radius 1 is 1.54 bits per heavy atom. The summed E-state index contributed by atoms with van der Waals surface area (Å²) in [5.41, 5.74) is 6.37. The topological polar surface area (TPSA) is 72.2 Å². The lowest BCUT2D eigenvalue weighted by Crippen LogP contribution is -2.20. The Morgan fingerprint density at radius 3 is 2.77 bits per heavy atom. The number of rotatable bonds is 2. The van der Waals surface area contributed by atoms with Crippen LogP contribution < -0.4 is 11.1 Å². The third-order valence-electron chi connectivity index (χ3n) is 1.73. The van der Waals surface area contributed by atoms with E-state index in [1.54, 1.807) is 18.2 Å². The SMILES string of the molecule is CNC(=O)c1cccc(N)c1C=O. The molecule has 0 aliphatic heterocycles. The Balaban J connectivity index is 3.28. The minimum Gasteiger partial charge on any atom is -0.398 e. The first kappa shape index (κ1) is 9.25. The van der Waals surface area contributed by atoms with Crippen LogP contribution in [0.2, 0.25) is 0 Å². The van der Waals surface area contributed by atoms with E-state index in [4.69, 9.17) is 5.73 Å². The van der Waals surface area contributed by atoms with E-state index in [1.807, 2.05) is 0 Å². The van der Waals surface area contributed by atoms with Crippen molar-refractivity contribution in [1.29, 1.82) is 0 Å². The van der Waals surface area contributed by atoms with Crippen molar-refractivity contribution in [2.75, 3.05) is 12.8 Å². The largest absolute Gasteiger partial charge is 0.398 e. The summed E-state index contributed by atoms with van der Waals surface area (Å²) in [4.78, 5) is 21.8. The molecule has 0 unspecified atom stereocenters. The summed E-state index contributed by atoms with van der Waals surface area (Å²) in [5.74, 6) is -0.311. The molecule has 0 radical (unpaired) electrons. The van der Waals surface area contributed by atoms with Crippen LogP contribution in [0.3, 0.4) is 0 Å². The number of nitrogens with two attached hydrogens (primary N) is 1. The molecular weight excluding hydrogens is 168 g/mol. The van der Waals surface area contributed by atoms with E-state index < -0.39 is 0 Å². The van der Waals surface area contributed by atoms with Crippen LogP contribution in [0.25, 0.3) is 0 Å². The van der Waals surface area contributed by atoms with Gasteiger partial charge in [0, 0.05) is 18.3 Å². The molecule has 68 valence electrons. The van der Waals surface area contributed by atoms with Crippen LogP contribution in [0.15, 0.2) is 18.2 Å². The predicted octanol–water partition coefficient (Wildman–Crippen LogP) is 0.441. The van der Waals surface area contributed by atoms with Crippen LogP contribution in [0.5, 0.6) is 0 Å². The highest BCUT2D eigenvalue weighted by molar-refractivity contribution is 6.03. The van der Waals surface area contributed by atoms with Crippen molar-refractivity contribution in [3.05, 3.63) is 29.3 Å². The van der Waals surface area contributed by atoms with Gasteiger partial charge in [-0.15, -0.1) is 0 Å². The zero-order valence-corrected chi connectivity index (χ0v) is 7.20. The van der Waals surface area contributed by atoms with Crippen LogP contribution >= 0.6 is 0 Å². The second-order valence-electron chi connectivity index (χ2n) is 2.51. The molecule has 1 aromatic carbocycles. The maximum atomic E-state index is 11.2. The second kappa shape index (κ2) is 3.71. The molecule has 0 bridgehead atoms. The molecule has 0 aliphatic carbocycles. The number of aldehydes is 1. The molecule has 4 nitrogen and oxygen atoms in total. The average molecular weight is 178 g/mol. The highest BCUT2D eigenvalue weighted by Crippen LogP contribution is 2.14. The van der Waals surface area contributed by atoms with Crippen molar-refractivity contribution in [2.45, 2.75) is 0 Å². The fourth-order valence-electron chi connectivity index (χ4n) is 1.05. The summed E-state index contributed by atoms with van der Waals surface area (Å²) in [6.07, 6.45) is 0.583. The molecule has 0 fully saturated rings. The first-order chi connectivity index (χ1) is 6.20. The zero-order valence-electron chi connectivity index (χ0n) is 7.20. The highest BCUT2D eigenvalue weighted by atomic mass is 16.1. The summed E-state index contributed by atoms with van der Waals surface area (Å²) in [6, 6.07) is 4.77. The van der Waals surface area contributed by atoms with Crippen molar-refractivity contribution >= 4 is 17.9 Å². The minimum atomic E-state index is -0.311. The van der Waals surface area contributed by atoms with E-state index >= 15 is 0 Å². The highest BCUT2D eigenvalue weighted by Gasteiger charge is 2.10. The molecule has 1 aromatic rings. The van der Waals surface area contributed by atoms with Crippen molar-refractivity contribution in [3.63, 3.8) is 0 Å². The van der Waals surface area contributed by atoms with Gasteiger partial charge in [0.15, 0.2) is 6.29 Å². The van der Waals surface area contributed by atoms with Crippen LogP contribution in [-0.4, -0.2) is 19.2 Å². The summed E-state index contributed by atoms with van der Waals surface area (Å²) in [6.45, 7) is 0. The number of anilines is 1. The number of hydrogen-bond donors (Lipinski definition) is 2. The van der Waals surface area contributed by atoms with Gasteiger partial charge in [-0.25, -0.2) is 0 Å². The van der Waals surface area contributed by atoms with Crippen molar-refractivity contribution in [3.8, 4) is 0 Å². The Kier molecular flexibility index (Phi) is 2.64. The fraction of sp³-hybridized carbons (Fsp3) is 0.111. The molecule has 0 aromatic heterocycles. The summed E-state index contributed by atoms with van der Waals surface area (Å²) >= 11 is 0. The van der Waals surface area contributed by atoms with Gasteiger partial charge >= 0.3 is 0 Å². The molecule has 4 heteroatoms. The van der Waals surface area contributed by atoms with Gasteiger partial charge in [-0.05, 0) is 12.1 Å². The number of nitrogens with one attached hydrogen (secondary N) is 1. The molecule has 1 rings (SSSR count). The number of carbonyl (C=O) groups is 2. The van der Waals surface area contributed by atoms with E-state index in [9.17, 15) is 9.59 Å². The quantitative estimate of drug-likeness (QED) is 0.510. The summed E-state index contributed by atoms with van der Waals surface area (Å²) < 4.78 is 0. The van der Waals surface area contributed by atoms with E-state index in [0.717, 1.165) is 0 Å². The fourth-order valence-corrected chi connectivity index (χ4v) is 1.05. The van der Waals surface area contributed by atoms with Gasteiger partial charge in [0.1, 0.15) is 0 Å². The van der Waals surface area contributed by atoms with Gasteiger partial charge in [0.05, 0.1) is 5.56 Å². The monoisotopic (exact) mass is 178 g/mol. The first-order valence-corrected chi connectivity index (χ1v) is 3.76. The standard InChI is InChI=1S/C9H10N2O2/c1-11-9(13)6-3-2-4-8(10)7(6)5-12/h2-5H,10H2,1H3,(H,11,13). The first-order valence-electron chi connectivity index (χ1n) is 3.76. The Hall–Kier alpha value is -1.84. The molecule has 0 atom stereocenters. The number of benzene rings is 1. The summed E-state index contributed by atoms with van der Waals surface area (Å²) in [7, 11) is 1.50. The van der Waals surface area contributed by atoms with Gasteiger partial charge in [0.2, 0.25) is 0 Å². The van der Waals surface area contributed by atoms with Crippen molar-refractivity contribution in [2.24, 2.45) is 0 Å². The summed E-state index contributed by atoms with van der Waals surface area (Å²) in [5, 5.41) is 2.43. The second-order valence-corrected chi connectivity index (χ2v) is 2.51. The lowest BCUT2D eigenvalue weighted by Gasteiger charge is -2.04. The molecule has 1 amide bonds. The zero-order chi connectivity index (χ0) is 9.84. The molecule has 0 saturated carbocycles. The number of nitrogen functional groups attached to an aromatic ring is 1. The third-order valence-corrected chi connectivity index (χ3v) is 1.73. The Labute approximate surface area is 75.7 Å². The molecule has 0 spiro atoms. The normalized spacial score (nSPS) is 9.31. The maximum Gasteiger partial charge on any atom is 0.251 e. The number of amides is 1. The van der Waals surface area contributed by atoms with Crippen LogP contribution in [-0.2, 0) is 0 Å². The average Bonchev–Trinajstić information content (AvgIpc) is 2.16. The molecule has 0 saturated heterocycles. The Morgan fingerprint density at radius 2 is 2.23 bits per heavy atom. The molecule has 13 heavy (non-hydrogen) atoms. The van der Waals surface area contributed by atoms with Crippen molar-refractivity contribution in [1.82, 2.24) is 5.32 Å². The van der Waals surface area contributed by atoms with E-state index in [1.165, 1.54) is 7.05 Å². The maximum absolute atomic E-state index is 11.2. The van der Waals surface area contributed by atoms with Gasteiger partial charge < -0.3 is 11.1 Å². The van der Waals surface area contributed by atoms with Gasteiger partial charge in [-0.3, -0.25) is 9.59 Å². The third kappa shape index (κ3) is 1.66. The number of carbonyl (C=O) groups excluding carboxylic acids is 2. The van der Waals surface area contributed by atoms with E-state index in [2.05, 4.69) is 5.32 Å². The smallest absolute Gasteiger partial charge is 0.251 e. The van der Waals surface area contributed by atoms with E-state index in [-0.39, 0.29) is 11.5 Å². The molecule has 0 heterocycles. The molecule has 0 aliphatic rings. The predicted molar refractivity (Wildman–Crippen MR) is 49.6 cm³/mol. The number of hydrogen-bond acceptors (Lipinski definition) is 3. The molecule has 3 N–H and O–H groups in total. The lowest BCUT2D eigenvalue weighted by atomic mass is 10.1. The van der Waals surface area contributed by atoms with Crippen LogP contribution in [0, 0.1) is 0 Å². The van der Waals surface area contributed by atoms with Gasteiger partial charge in [-0.2, -0.15) is 0 Å². The Bertz CT molecular complexity index is 347. The van der Waals surface area contributed by atoms with Gasteiger partial charge in [0.25, 0.3) is 5.91 Å². The van der Waals surface area contributed by atoms with E-state index in [0.29, 0.717) is 17.5 Å². The van der Waals surface area contributed by atoms with Crippen LogP contribution in [0.4, 0.5) is 5.69 Å². The molecular formula is C9H10N2O2. The van der Waals surface area contributed by atoms with Gasteiger partial charge in [-0.1, -0.05) is 6.07 Å². The lowest BCUT2D eigenvalue weighted by molar-refractivity contribution is 0.0957. The van der Waals surface area contributed by atoms with Crippen LogP contribution in [0.1, 0.15) is 20.7 Å². The van der Waals surface area contributed by atoms with Crippen molar-refractivity contribution < 1.29 is 9.59 Å².